The minimum atomic E-state index is -0.516. The van der Waals surface area contributed by atoms with Gasteiger partial charge in [0.1, 0.15) is 12.4 Å². The molecule has 0 aliphatic heterocycles. The number of aryl methyl sites for hydroxylation is 2. The van der Waals surface area contributed by atoms with Crippen LogP contribution < -0.4 is 4.74 Å². The van der Waals surface area contributed by atoms with Crippen molar-refractivity contribution < 1.29 is 19.4 Å². The summed E-state index contributed by atoms with van der Waals surface area (Å²) in [5, 5.41) is 10.6. The Kier molecular flexibility index (Phi) is 13.3. The van der Waals surface area contributed by atoms with E-state index in [4.69, 9.17) is 9.47 Å². The Labute approximate surface area is 255 Å². The fourth-order valence-corrected chi connectivity index (χ4v) is 5.30. The molecular weight excluding hydrogens is 520 g/mol. The molecule has 3 rings (SSSR count). The third kappa shape index (κ3) is 8.47. The van der Waals surface area contributed by atoms with Crippen LogP contribution in [0.5, 0.6) is 5.75 Å². The normalized spacial score (nSPS) is 12.3. The van der Waals surface area contributed by atoms with Crippen LogP contribution in [0.4, 0.5) is 0 Å². The van der Waals surface area contributed by atoms with E-state index in [0.717, 1.165) is 41.7 Å². The minimum Gasteiger partial charge on any atom is -0.491 e. The van der Waals surface area contributed by atoms with Crippen LogP contribution in [-0.4, -0.2) is 30.9 Å². The van der Waals surface area contributed by atoms with E-state index in [1.165, 1.54) is 35.8 Å². The zero-order valence-corrected chi connectivity index (χ0v) is 27.8. The van der Waals surface area contributed by atoms with Gasteiger partial charge in [0.15, 0.2) is 0 Å². The molecule has 0 amide bonds. The highest BCUT2D eigenvalue weighted by Gasteiger charge is 2.32. The van der Waals surface area contributed by atoms with Crippen LogP contribution in [0.2, 0.25) is 0 Å². The van der Waals surface area contributed by atoms with Gasteiger partial charge in [0.05, 0.1) is 19.6 Å². The SMILES string of the molecule is CCC.CCC(CC)(c1ccc(OCC(O)C(C)(C)CC)c(C)c1)c1ccc(-c2ccc(CC(=O)OC)cc2)c(C)c1. The Morgan fingerprint density at radius 2 is 1.36 bits per heavy atom. The number of hydrogen-bond acceptors (Lipinski definition) is 4. The summed E-state index contributed by atoms with van der Waals surface area (Å²) in [5.74, 6) is 0.597. The van der Waals surface area contributed by atoms with Crippen LogP contribution >= 0.6 is 0 Å². The van der Waals surface area contributed by atoms with E-state index in [2.05, 4.69) is 111 Å². The van der Waals surface area contributed by atoms with Gasteiger partial charge in [0.25, 0.3) is 0 Å². The van der Waals surface area contributed by atoms with Gasteiger partial charge in [0, 0.05) is 5.41 Å². The molecule has 0 radical (unpaired) electrons. The van der Waals surface area contributed by atoms with E-state index in [1.807, 2.05) is 12.1 Å². The lowest BCUT2D eigenvalue weighted by molar-refractivity contribution is -0.139. The van der Waals surface area contributed by atoms with Gasteiger partial charge in [-0.25, -0.2) is 0 Å². The third-order valence-corrected chi connectivity index (χ3v) is 8.76. The molecular formula is C38H54O4. The van der Waals surface area contributed by atoms with Gasteiger partial charge in [-0.3, -0.25) is 4.79 Å². The molecule has 0 saturated heterocycles. The number of aliphatic hydroxyl groups is 1. The third-order valence-electron chi connectivity index (χ3n) is 8.76. The fraction of sp³-hybridized carbons (Fsp3) is 0.500. The maximum Gasteiger partial charge on any atom is 0.309 e. The van der Waals surface area contributed by atoms with Crippen molar-refractivity contribution >= 4 is 5.97 Å². The summed E-state index contributed by atoms with van der Waals surface area (Å²) in [6.45, 7) is 19.6. The Balaban J connectivity index is 0.00000197. The lowest BCUT2D eigenvalue weighted by Crippen LogP contribution is -2.34. The van der Waals surface area contributed by atoms with Gasteiger partial charge >= 0.3 is 5.97 Å². The van der Waals surface area contributed by atoms with Crippen LogP contribution in [0, 0.1) is 19.3 Å². The van der Waals surface area contributed by atoms with Crippen molar-refractivity contribution in [3.63, 3.8) is 0 Å². The average molecular weight is 575 g/mol. The van der Waals surface area contributed by atoms with E-state index in [1.54, 1.807) is 0 Å². The smallest absolute Gasteiger partial charge is 0.309 e. The van der Waals surface area contributed by atoms with E-state index in [9.17, 15) is 9.90 Å². The van der Waals surface area contributed by atoms with Crippen molar-refractivity contribution in [2.45, 2.75) is 106 Å². The molecule has 0 fully saturated rings. The monoisotopic (exact) mass is 574 g/mol. The molecule has 4 nitrogen and oxygen atoms in total. The topological polar surface area (TPSA) is 55.8 Å². The van der Waals surface area contributed by atoms with Crippen molar-refractivity contribution in [2.75, 3.05) is 13.7 Å². The van der Waals surface area contributed by atoms with E-state index < -0.39 is 6.10 Å². The highest BCUT2D eigenvalue weighted by molar-refractivity contribution is 5.73. The number of rotatable bonds is 12. The van der Waals surface area contributed by atoms with Crippen LogP contribution in [0.1, 0.15) is 102 Å². The van der Waals surface area contributed by atoms with E-state index in [0.29, 0.717) is 0 Å². The number of esters is 1. The van der Waals surface area contributed by atoms with Crippen LogP contribution in [0.25, 0.3) is 11.1 Å². The van der Waals surface area contributed by atoms with Gasteiger partial charge in [0.2, 0.25) is 0 Å². The van der Waals surface area contributed by atoms with Crippen molar-refractivity contribution in [1.29, 1.82) is 0 Å². The van der Waals surface area contributed by atoms with Crippen LogP contribution in [0.15, 0.2) is 60.7 Å². The molecule has 3 aromatic carbocycles. The van der Waals surface area contributed by atoms with Gasteiger partial charge in [-0.05, 0) is 83.5 Å². The molecule has 42 heavy (non-hydrogen) atoms. The summed E-state index contributed by atoms with van der Waals surface area (Å²) < 4.78 is 10.9. The first-order valence-electron chi connectivity index (χ1n) is 15.6. The number of methoxy groups -OCH3 is 1. The molecule has 1 unspecified atom stereocenters. The van der Waals surface area contributed by atoms with E-state index in [-0.39, 0.29) is 29.8 Å². The molecule has 4 heteroatoms. The molecule has 3 aromatic rings. The molecule has 0 heterocycles. The zero-order valence-electron chi connectivity index (χ0n) is 27.8. The molecule has 0 bridgehead atoms. The molecule has 0 saturated carbocycles. The Hall–Kier alpha value is -3.11. The molecule has 1 N–H and O–H groups in total. The van der Waals surface area contributed by atoms with Crippen LogP contribution in [0.3, 0.4) is 0 Å². The standard InChI is InChI=1S/C35H46O4.C3H8/c1-9-34(6,7)32(36)23-39-31-19-17-29(21-25(31)5)35(10-2,11-3)28-16-18-30(24(4)20-28)27-14-12-26(13-15-27)22-33(37)38-8;1-3-2/h12-21,32,36H,9-11,22-23H2,1-8H3;3H2,1-2H3. The first kappa shape index (κ1) is 35.1. The molecule has 1 atom stereocenters. The maximum absolute atomic E-state index is 11.6. The number of aliphatic hydroxyl groups excluding tert-OH is 1. The second kappa shape index (κ2) is 15.9. The molecule has 0 spiro atoms. The molecule has 0 aliphatic rings. The highest BCUT2D eigenvalue weighted by Crippen LogP contribution is 2.42. The Morgan fingerprint density at radius 3 is 1.83 bits per heavy atom. The highest BCUT2D eigenvalue weighted by atomic mass is 16.5. The lowest BCUT2D eigenvalue weighted by Gasteiger charge is -2.34. The number of carbonyl (C=O) groups excluding carboxylic acids is 1. The van der Waals surface area contributed by atoms with Gasteiger partial charge < -0.3 is 14.6 Å². The molecule has 230 valence electrons. The number of benzene rings is 3. The van der Waals surface area contributed by atoms with Gasteiger partial charge in [-0.15, -0.1) is 0 Å². The Bertz CT molecular complexity index is 1270. The number of ether oxygens (including phenoxy) is 2. The number of carbonyl (C=O) groups is 1. The molecule has 0 aliphatic carbocycles. The van der Waals surface area contributed by atoms with Crippen LogP contribution in [-0.2, 0) is 21.4 Å². The summed E-state index contributed by atoms with van der Waals surface area (Å²) in [6.07, 6.45) is 3.87. The summed E-state index contributed by atoms with van der Waals surface area (Å²) >= 11 is 0. The van der Waals surface area contributed by atoms with Gasteiger partial charge in [-0.1, -0.05) is 109 Å². The van der Waals surface area contributed by atoms with Crippen molar-refractivity contribution in [3.8, 4) is 16.9 Å². The van der Waals surface area contributed by atoms with Crippen molar-refractivity contribution in [1.82, 2.24) is 0 Å². The lowest BCUT2D eigenvalue weighted by atomic mass is 9.69. The van der Waals surface area contributed by atoms with E-state index >= 15 is 0 Å². The fourth-order valence-electron chi connectivity index (χ4n) is 5.30. The summed E-state index contributed by atoms with van der Waals surface area (Å²) in [7, 11) is 1.41. The summed E-state index contributed by atoms with van der Waals surface area (Å²) in [5.41, 5.74) is 7.89. The second-order valence-electron chi connectivity index (χ2n) is 12.1. The second-order valence-corrected chi connectivity index (χ2v) is 12.1. The molecule has 0 aromatic heterocycles. The predicted octanol–water partition coefficient (Wildman–Crippen LogP) is 9.38. The summed E-state index contributed by atoms with van der Waals surface area (Å²) in [4.78, 5) is 11.6. The van der Waals surface area contributed by atoms with Crippen molar-refractivity contribution in [2.24, 2.45) is 5.41 Å². The largest absolute Gasteiger partial charge is 0.491 e. The predicted molar refractivity (Wildman–Crippen MR) is 176 cm³/mol. The van der Waals surface area contributed by atoms with Crippen molar-refractivity contribution in [3.05, 3.63) is 88.5 Å². The zero-order chi connectivity index (χ0) is 31.5. The van der Waals surface area contributed by atoms with Gasteiger partial charge in [-0.2, -0.15) is 0 Å². The summed E-state index contributed by atoms with van der Waals surface area (Å²) in [6, 6.07) is 21.5. The number of hydrogen-bond donors (Lipinski definition) is 1. The average Bonchev–Trinajstić information content (AvgIpc) is 2.98. The quantitative estimate of drug-likeness (QED) is 0.219. The first-order valence-corrected chi connectivity index (χ1v) is 15.6. The minimum absolute atomic E-state index is 0.110. The first-order chi connectivity index (χ1) is 19.9. The Morgan fingerprint density at radius 1 is 0.810 bits per heavy atom. The maximum atomic E-state index is 11.6.